The first-order chi connectivity index (χ1) is 9.94. The number of hydrogen-bond donors (Lipinski definition) is 0. The molecular formula is C20H36O. The van der Waals surface area contributed by atoms with Crippen LogP contribution in [-0.2, 0) is 4.74 Å². The molecule has 1 heteroatoms. The van der Waals surface area contributed by atoms with E-state index in [9.17, 15) is 0 Å². The average Bonchev–Trinajstić information content (AvgIpc) is 2.81. The van der Waals surface area contributed by atoms with Gasteiger partial charge in [0, 0.05) is 13.7 Å². The second kappa shape index (κ2) is 5.55. The van der Waals surface area contributed by atoms with Crippen LogP contribution < -0.4 is 0 Å². The maximum atomic E-state index is 5.46. The van der Waals surface area contributed by atoms with E-state index >= 15 is 0 Å². The van der Waals surface area contributed by atoms with Gasteiger partial charge in [-0.05, 0) is 72.5 Å². The predicted octanol–water partition coefficient (Wildman–Crippen LogP) is 5.54. The van der Waals surface area contributed by atoms with E-state index < -0.39 is 0 Å². The van der Waals surface area contributed by atoms with E-state index in [1.165, 1.54) is 44.9 Å². The Bertz CT molecular complexity index is 374. The van der Waals surface area contributed by atoms with Crippen LogP contribution in [0.25, 0.3) is 0 Å². The molecule has 3 aliphatic rings. The molecule has 0 aromatic carbocycles. The Morgan fingerprint density at radius 2 is 1.76 bits per heavy atom. The molecule has 0 heterocycles. The molecule has 0 amide bonds. The molecule has 3 aliphatic carbocycles. The van der Waals surface area contributed by atoms with E-state index in [4.69, 9.17) is 4.74 Å². The van der Waals surface area contributed by atoms with Crippen molar-refractivity contribution in [1.29, 1.82) is 0 Å². The van der Waals surface area contributed by atoms with E-state index in [1.807, 2.05) is 7.11 Å². The summed E-state index contributed by atoms with van der Waals surface area (Å²) in [7, 11) is 1.86. The van der Waals surface area contributed by atoms with Crippen molar-refractivity contribution >= 4 is 0 Å². The van der Waals surface area contributed by atoms with Gasteiger partial charge in [-0.15, -0.1) is 0 Å². The van der Waals surface area contributed by atoms with Crippen molar-refractivity contribution in [1.82, 2.24) is 0 Å². The van der Waals surface area contributed by atoms with Crippen LogP contribution in [0.1, 0.15) is 72.6 Å². The van der Waals surface area contributed by atoms with Crippen molar-refractivity contribution in [2.24, 2.45) is 40.4 Å². The second-order valence-electron chi connectivity index (χ2n) is 9.20. The van der Waals surface area contributed by atoms with Gasteiger partial charge in [0.2, 0.25) is 0 Å². The zero-order valence-electron chi connectivity index (χ0n) is 15.0. The summed E-state index contributed by atoms with van der Waals surface area (Å²) in [4.78, 5) is 0. The molecule has 122 valence electrons. The Kier molecular flexibility index (Phi) is 4.19. The number of rotatable bonds is 6. The van der Waals surface area contributed by atoms with Crippen LogP contribution in [0.4, 0.5) is 0 Å². The summed E-state index contributed by atoms with van der Waals surface area (Å²) < 4.78 is 5.46. The Labute approximate surface area is 132 Å². The van der Waals surface area contributed by atoms with Gasteiger partial charge in [0.25, 0.3) is 0 Å². The SMILES string of the molecule is CCCCC1C2CC3CC2C1CC(C)(CCOC)C3(C)C. The zero-order valence-corrected chi connectivity index (χ0v) is 15.0. The number of methoxy groups -OCH3 is 1. The van der Waals surface area contributed by atoms with Crippen molar-refractivity contribution in [3.8, 4) is 0 Å². The van der Waals surface area contributed by atoms with Crippen LogP contribution in [0.3, 0.4) is 0 Å². The summed E-state index contributed by atoms with van der Waals surface area (Å²) >= 11 is 0. The van der Waals surface area contributed by atoms with Gasteiger partial charge in [-0.25, -0.2) is 0 Å². The summed E-state index contributed by atoms with van der Waals surface area (Å²) in [5, 5.41) is 0. The summed E-state index contributed by atoms with van der Waals surface area (Å²) in [6.07, 6.45) is 10.1. The van der Waals surface area contributed by atoms with Gasteiger partial charge < -0.3 is 4.74 Å². The molecule has 1 nitrogen and oxygen atoms in total. The van der Waals surface area contributed by atoms with E-state index in [0.29, 0.717) is 10.8 Å². The smallest absolute Gasteiger partial charge is 0.0467 e. The van der Waals surface area contributed by atoms with Crippen LogP contribution in [0.15, 0.2) is 0 Å². The lowest BCUT2D eigenvalue weighted by Gasteiger charge is -2.57. The lowest BCUT2D eigenvalue weighted by molar-refractivity contribution is -0.0849. The second-order valence-corrected chi connectivity index (χ2v) is 9.20. The van der Waals surface area contributed by atoms with Crippen molar-refractivity contribution in [3.05, 3.63) is 0 Å². The van der Waals surface area contributed by atoms with Crippen molar-refractivity contribution in [2.75, 3.05) is 13.7 Å². The fourth-order valence-corrected chi connectivity index (χ4v) is 6.36. The highest BCUT2D eigenvalue weighted by Gasteiger charge is 2.63. The van der Waals surface area contributed by atoms with E-state index in [1.54, 1.807) is 0 Å². The lowest BCUT2D eigenvalue weighted by Crippen LogP contribution is -2.50. The molecule has 0 aromatic rings. The summed E-state index contributed by atoms with van der Waals surface area (Å²) in [5.74, 6) is 5.25. The number of hydrogen-bond acceptors (Lipinski definition) is 1. The van der Waals surface area contributed by atoms with Crippen LogP contribution in [-0.4, -0.2) is 13.7 Å². The molecule has 3 rings (SSSR count). The van der Waals surface area contributed by atoms with Crippen LogP contribution in [0.2, 0.25) is 0 Å². The third-order valence-electron chi connectivity index (χ3n) is 8.32. The minimum atomic E-state index is 0.475. The van der Waals surface area contributed by atoms with Crippen LogP contribution >= 0.6 is 0 Å². The first-order valence-electron chi connectivity index (χ1n) is 9.43. The molecule has 6 atom stereocenters. The number of ether oxygens (including phenoxy) is 1. The zero-order chi connectivity index (χ0) is 15.3. The van der Waals surface area contributed by atoms with Gasteiger partial charge >= 0.3 is 0 Å². The molecule has 0 N–H and O–H groups in total. The Hall–Kier alpha value is -0.0400. The first kappa shape index (κ1) is 15.8. The molecule has 0 saturated heterocycles. The number of fused-ring (bicyclic) bond motifs is 1. The van der Waals surface area contributed by atoms with E-state index in [0.717, 1.165) is 36.2 Å². The minimum absolute atomic E-state index is 0.475. The Balaban J connectivity index is 1.81. The van der Waals surface area contributed by atoms with Crippen molar-refractivity contribution in [3.63, 3.8) is 0 Å². The van der Waals surface area contributed by atoms with Crippen LogP contribution in [0, 0.1) is 40.4 Å². The largest absolute Gasteiger partial charge is 0.385 e. The summed E-state index contributed by atoms with van der Waals surface area (Å²) in [6.45, 7) is 11.0. The van der Waals surface area contributed by atoms with Gasteiger partial charge in [-0.2, -0.15) is 0 Å². The molecule has 2 bridgehead atoms. The highest BCUT2D eigenvalue weighted by molar-refractivity contribution is 5.12. The standard InChI is InChI=1S/C20H36O/c1-6-7-8-15-16-11-14-12-17(16)18(15)13-20(4,9-10-21-5)19(14,2)3/h14-18H,6-13H2,1-5H3. The summed E-state index contributed by atoms with van der Waals surface area (Å²) in [5.41, 5.74) is 0.964. The van der Waals surface area contributed by atoms with E-state index in [-0.39, 0.29) is 0 Å². The summed E-state index contributed by atoms with van der Waals surface area (Å²) in [6, 6.07) is 0. The molecule has 3 fully saturated rings. The quantitative estimate of drug-likeness (QED) is 0.624. The third-order valence-corrected chi connectivity index (χ3v) is 8.32. The van der Waals surface area contributed by atoms with Crippen LogP contribution in [0.5, 0.6) is 0 Å². The Morgan fingerprint density at radius 1 is 1.05 bits per heavy atom. The average molecular weight is 293 g/mol. The molecule has 3 saturated carbocycles. The maximum Gasteiger partial charge on any atom is 0.0467 e. The number of unbranched alkanes of at least 4 members (excludes halogenated alkanes) is 1. The highest BCUT2D eigenvalue weighted by Crippen LogP contribution is 2.71. The monoisotopic (exact) mass is 292 g/mol. The molecule has 0 aliphatic heterocycles. The third kappa shape index (κ3) is 2.30. The normalized spacial score (nSPS) is 47.0. The first-order valence-corrected chi connectivity index (χ1v) is 9.43. The topological polar surface area (TPSA) is 9.23 Å². The van der Waals surface area contributed by atoms with Crippen molar-refractivity contribution in [2.45, 2.75) is 72.6 Å². The molecule has 0 spiro atoms. The molecule has 0 radical (unpaired) electrons. The van der Waals surface area contributed by atoms with Gasteiger partial charge in [0.05, 0.1) is 0 Å². The molecule has 21 heavy (non-hydrogen) atoms. The van der Waals surface area contributed by atoms with Gasteiger partial charge in [0.15, 0.2) is 0 Å². The molecular weight excluding hydrogens is 256 g/mol. The maximum absolute atomic E-state index is 5.46. The Morgan fingerprint density at radius 3 is 2.43 bits per heavy atom. The highest BCUT2D eigenvalue weighted by atomic mass is 16.5. The fraction of sp³-hybridized carbons (Fsp3) is 1.00. The predicted molar refractivity (Wildman–Crippen MR) is 89.2 cm³/mol. The molecule has 0 aromatic heterocycles. The lowest BCUT2D eigenvalue weighted by atomic mass is 9.48. The van der Waals surface area contributed by atoms with Gasteiger partial charge in [0.1, 0.15) is 0 Å². The van der Waals surface area contributed by atoms with Gasteiger partial charge in [-0.1, -0.05) is 40.5 Å². The fourth-order valence-electron chi connectivity index (χ4n) is 6.36. The molecule has 6 unspecified atom stereocenters. The minimum Gasteiger partial charge on any atom is -0.385 e. The van der Waals surface area contributed by atoms with Crippen molar-refractivity contribution < 1.29 is 4.74 Å². The van der Waals surface area contributed by atoms with Gasteiger partial charge in [-0.3, -0.25) is 0 Å². The van der Waals surface area contributed by atoms with E-state index in [2.05, 4.69) is 27.7 Å².